The fraction of sp³-hybridized carbons (Fsp3) is 0.538. The van der Waals surface area contributed by atoms with E-state index < -0.39 is 0 Å². The molecule has 0 saturated carbocycles. The molecular formula is C26H35FN8O. The van der Waals surface area contributed by atoms with Crippen molar-refractivity contribution >= 4 is 17.4 Å². The van der Waals surface area contributed by atoms with Gasteiger partial charge in [0.05, 0.1) is 0 Å². The first-order valence-corrected chi connectivity index (χ1v) is 12.9. The molecule has 5 rings (SSSR count). The molecule has 0 aliphatic carbocycles. The van der Waals surface area contributed by atoms with Crippen molar-refractivity contribution in [2.45, 2.75) is 45.2 Å². The molecular weight excluding hydrogens is 459 g/mol. The van der Waals surface area contributed by atoms with Crippen LogP contribution in [-0.2, 0) is 17.8 Å². The molecule has 1 aromatic carbocycles. The molecule has 0 bridgehead atoms. The zero-order valence-corrected chi connectivity index (χ0v) is 21.2. The zero-order chi connectivity index (χ0) is 25.1. The van der Waals surface area contributed by atoms with E-state index in [0.717, 1.165) is 75.6 Å². The van der Waals surface area contributed by atoms with E-state index in [1.165, 1.54) is 6.07 Å². The van der Waals surface area contributed by atoms with Crippen molar-refractivity contribution in [1.29, 1.82) is 0 Å². The van der Waals surface area contributed by atoms with Crippen molar-refractivity contribution in [3.63, 3.8) is 0 Å². The van der Waals surface area contributed by atoms with Crippen molar-refractivity contribution in [2.75, 3.05) is 51.2 Å². The van der Waals surface area contributed by atoms with Crippen LogP contribution in [-0.4, -0.2) is 87.9 Å². The lowest BCUT2D eigenvalue weighted by atomic mass is 10.0. The van der Waals surface area contributed by atoms with Crippen molar-refractivity contribution in [3.8, 4) is 0 Å². The highest BCUT2D eigenvalue weighted by atomic mass is 19.1. The van der Waals surface area contributed by atoms with Crippen molar-refractivity contribution in [3.05, 3.63) is 53.1 Å². The Morgan fingerprint density at radius 1 is 1.06 bits per heavy atom. The number of likely N-dealkylation sites (N-methyl/N-ethyl adjacent to an activating group) is 1. The maximum Gasteiger partial charge on any atom is 0.220 e. The first-order valence-electron chi connectivity index (χ1n) is 12.9. The number of benzene rings is 1. The molecule has 2 aromatic heterocycles. The van der Waals surface area contributed by atoms with Crippen molar-refractivity contribution < 1.29 is 9.18 Å². The average molecular weight is 495 g/mol. The Labute approximate surface area is 211 Å². The van der Waals surface area contributed by atoms with Gasteiger partial charge in [-0.3, -0.25) is 9.69 Å². The molecule has 9 nitrogen and oxygen atoms in total. The topological polar surface area (TPSA) is 81.9 Å². The molecule has 2 saturated heterocycles. The minimum absolute atomic E-state index is 0.0369. The molecule has 4 heterocycles. The molecule has 2 aliphatic rings. The van der Waals surface area contributed by atoms with Gasteiger partial charge in [-0.25, -0.2) is 4.39 Å². The second-order valence-electron chi connectivity index (χ2n) is 10.1. The number of piperidine rings is 1. The van der Waals surface area contributed by atoms with E-state index in [-0.39, 0.29) is 17.8 Å². The number of anilines is 1. The minimum Gasteiger partial charge on any atom is -0.353 e. The number of nitrogens with zero attached hydrogens (tertiary/aromatic N) is 7. The van der Waals surface area contributed by atoms with Gasteiger partial charge in [-0.2, -0.15) is 4.52 Å². The number of amides is 1. The maximum absolute atomic E-state index is 13.4. The third kappa shape index (κ3) is 5.82. The van der Waals surface area contributed by atoms with E-state index in [1.54, 1.807) is 10.6 Å². The normalized spacial score (nSPS) is 18.1. The third-order valence-electron chi connectivity index (χ3n) is 7.37. The Balaban J connectivity index is 1.10. The summed E-state index contributed by atoms with van der Waals surface area (Å²) in [7, 11) is 2.13. The van der Waals surface area contributed by atoms with E-state index >= 15 is 0 Å². The largest absolute Gasteiger partial charge is 0.353 e. The van der Waals surface area contributed by atoms with Crippen LogP contribution in [0.2, 0.25) is 0 Å². The van der Waals surface area contributed by atoms with E-state index in [4.69, 9.17) is 5.10 Å². The molecule has 2 aliphatic heterocycles. The van der Waals surface area contributed by atoms with Crippen LogP contribution in [0.5, 0.6) is 0 Å². The lowest BCUT2D eigenvalue weighted by Crippen LogP contribution is -2.45. The van der Waals surface area contributed by atoms with Gasteiger partial charge in [0.1, 0.15) is 11.6 Å². The van der Waals surface area contributed by atoms with Crippen molar-refractivity contribution in [1.82, 2.24) is 34.9 Å². The summed E-state index contributed by atoms with van der Waals surface area (Å²) in [5, 5.41) is 16.5. The standard InChI is InChI=1S/C26H35FN8O/c1-19-17-21(27)4-3-20(19)18-33-11-9-22(10-12-33)28-26(36)8-7-24-30-29-23-5-6-25(31-35(23)24)34-15-13-32(2)14-16-34/h3-6,17,22H,7-16,18H2,1-2H3,(H,28,36). The second kappa shape index (κ2) is 10.9. The lowest BCUT2D eigenvalue weighted by molar-refractivity contribution is -0.122. The predicted molar refractivity (Wildman–Crippen MR) is 136 cm³/mol. The van der Waals surface area contributed by atoms with Gasteiger partial charge in [0.15, 0.2) is 11.5 Å². The highest BCUT2D eigenvalue weighted by Gasteiger charge is 2.22. The summed E-state index contributed by atoms with van der Waals surface area (Å²) in [6.45, 7) is 8.50. The van der Waals surface area contributed by atoms with Crippen LogP contribution in [0.3, 0.4) is 0 Å². The zero-order valence-electron chi connectivity index (χ0n) is 21.2. The van der Waals surface area contributed by atoms with Crippen LogP contribution < -0.4 is 10.2 Å². The Kier molecular flexibility index (Phi) is 7.43. The summed E-state index contributed by atoms with van der Waals surface area (Å²) in [5.74, 6) is 1.47. The third-order valence-corrected chi connectivity index (χ3v) is 7.37. The van der Waals surface area contributed by atoms with Crippen LogP contribution in [0.25, 0.3) is 5.65 Å². The summed E-state index contributed by atoms with van der Waals surface area (Å²) in [5.41, 5.74) is 2.84. The maximum atomic E-state index is 13.4. The second-order valence-corrected chi connectivity index (χ2v) is 10.1. The van der Waals surface area contributed by atoms with Gasteiger partial charge < -0.3 is 15.1 Å². The SMILES string of the molecule is Cc1cc(F)ccc1CN1CCC(NC(=O)CCc2nnc3ccc(N4CCN(C)CC4)nn23)CC1. The molecule has 0 atom stereocenters. The number of fused-ring (bicyclic) bond motifs is 1. The smallest absolute Gasteiger partial charge is 0.220 e. The van der Waals surface area contributed by atoms with E-state index in [1.807, 2.05) is 25.1 Å². The number of aryl methyl sites for hydroxylation is 2. The number of halogens is 1. The fourth-order valence-electron chi connectivity index (χ4n) is 5.02. The number of carbonyl (C=O) groups is 1. The van der Waals surface area contributed by atoms with Gasteiger partial charge in [0.25, 0.3) is 0 Å². The fourth-order valence-corrected chi connectivity index (χ4v) is 5.02. The summed E-state index contributed by atoms with van der Waals surface area (Å²) in [6, 6.07) is 9.10. The van der Waals surface area contributed by atoms with Crippen molar-refractivity contribution in [2.24, 2.45) is 0 Å². The average Bonchev–Trinajstić information content (AvgIpc) is 3.28. The number of carbonyl (C=O) groups excluding carboxylic acids is 1. The molecule has 0 spiro atoms. The first-order chi connectivity index (χ1) is 17.4. The molecule has 1 amide bonds. The Hall–Kier alpha value is -3.11. The number of rotatable bonds is 7. The molecule has 0 radical (unpaired) electrons. The van der Waals surface area contributed by atoms with Crippen LogP contribution >= 0.6 is 0 Å². The monoisotopic (exact) mass is 494 g/mol. The number of nitrogens with one attached hydrogen (secondary N) is 1. The Morgan fingerprint density at radius 3 is 2.58 bits per heavy atom. The van der Waals surface area contributed by atoms with Gasteiger partial charge in [-0.15, -0.1) is 15.3 Å². The number of aromatic nitrogens is 4. The Morgan fingerprint density at radius 2 is 1.83 bits per heavy atom. The number of piperazine rings is 1. The molecule has 192 valence electrons. The van der Waals surface area contributed by atoms with Gasteiger partial charge in [0.2, 0.25) is 5.91 Å². The van der Waals surface area contributed by atoms with Crippen LogP contribution in [0, 0.1) is 12.7 Å². The van der Waals surface area contributed by atoms with Crippen LogP contribution in [0.15, 0.2) is 30.3 Å². The van der Waals surface area contributed by atoms with E-state index in [0.29, 0.717) is 24.3 Å². The van der Waals surface area contributed by atoms with E-state index in [2.05, 4.69) is 37.3 Å². The summed E-state index contributed by atoms with van der Waals surface area (Å²) < 4.78 is 15.1. The Bertz CT molecular complexity index is 1200. The summed E-state index contributed by atoms with van der Waals surface area (Å²) in [6.07, 6.45) is 2.68. The molecule has 10 heteroatoms. The van der Waals surface area contributed by atoms with Gasteiger partial charge in [-0.1, -0.05) is 6.07 Å². The van der Waals surface area contributed by atoms with E-state index in [9.17, 15) is 9.18 Å². The number of hydrogen-bond donors (Lipinski definition) is 1. The van der Waals surface area contributed by atoms with Gasteiger partial charge in [-0.05, 0) is 62.2 Å². The molecule has 3 aromatic rings. The first kappa shape index (κ1) is 24.6. The van der Waals surface area contributed by atoms with Crippen LogP contribution in [0.4, 0.5) is 10.2 Å². The number of likely N-dealkylation sites (tertiary alicyclic amines) is 1. The highest BCUT2D eigenvalue weighted by molar-refractivity contribution is 5.76. The lowest BCUT2D eigenvalue weighted by Gasteiger charge is -2.33. The molecule has 1 N–H and O–H groups in total. The minimum atomic E-state index is -0.192. The quantitative estimate of drug-likeness (QED) is 0.538. The molecule has 2 fully saturated rings. The van der Waals surface area contributed by atoms with Crippen LogP contribution in [0.1, 0.15) is 36.2 Å². The van der Waals surface area contributed by atoms with Gasteiger partial charge >= 0.3 is 0 Å². The summed E-state index contributed by atoms with van der Waals surface area (Å²) in [4.78, 5) is 19.6. The molecule has 0 unspecified atom stereocenters. The predicted octanol–water partition coefficient (Wildman–Crippen LogP) is 2.04. The number of hydrogen-bond acceptors (Lipinski definition) is 7. The summed E-state index contributed by atoms with van der Waals surface area (Å²) >= 11 is 0. The molecule has 36 heavy (non-hydrogen) atoms. The van der Waals surface area contributed by atoms with Gasteiger partial charge in [0, 0.05) is 64.7 Å². The highest BCUT2D eigenvalue weighted by Crippen LogP contribution is 2.18.